The van der Waals surface area contributed by atoms with Crippen LogP contribution in [0.15, 0.2) is 255 Å². The van der Waals surface area contributed by atoms with E-state index >= 15 is 0 Å². The smallest absolute Gasteiger partial charge is 0.268 e. The summed E-state index contributed by atoms with van der Waals surface area (Å²) >= 11 is 0. The minimum Gasteiger partial charge on any atom is -0.510 e. The minimum atomic E-state index is -4.94. The molecule has 100 heavy (non-hydrogen) atoms. The fourth-order valence-electron chi connectivity index (χ4n) is 13.3. The first-order chi connectivity index (χ1) is 66.5. The number of ether oxygens (including phenoxy) is 1. The fraction of sp³-hybridized carbons (Fsp3) is 0.226. The van der Waals surface area contributed by atoms with Crippen LogP contribution in [0.4, 0.5) is 0 Å². The second kappa shape index (κ2) is 25.0. The van der Waals surface area contributed by atoms with Gasteiger partial charge in [0.05, 0.1) is 31.8 Å². The van der Waals surface area contributed by atoms with Crippen LogP contribution in [0.1, 0.15) is 198 Å². The van der Waals surface area contributed by atoms with Gasteiger partial charge in [-0.05, 0) is 165 Å². The Bertz CT molecular complexity index is 7280. The van der Waals surface area contributed by atoms with Crippen molar-refractivity contribution in [2.45, 2.75) is 135 Å². The summed E-state index contributed by atoms with van der Waals surface area (Å²) < 4.78 is 442. The predicted molar refractivity (Wildman–Crippen MR) is 414 cm³/mol. The SMILES string of the molecule is [2H]c1c([2H])c([2H])c(-c2cnc(-n3c4[c-]c(Oc5[c-]c(-n6[c-][n+](-c7c(-c8c([2H])c([2H])c9c(c8[2H])C(C([2H])([2H])[2H])(C([2H])([2H])[2H])C([2H])([2H])C([2H])([2H])C9(C([2H])([2H])[2H])C([2H])([2H])[2H])cc(C(C)(C)C)cc7-c7c([2H])c([2H])c8c(c7[2H])C(C([2H])([2H])[2H])(C([2H])([2H])[2H])C([2H])([2H])C([2H])([2H])C8(C([2H])([2H])[2H])C([2H])([2H])[2H])c7ccccc76)ccc5)ccc4c4cc([Si](c5ccccc5)(c5ccccc5)c5ccccc5)ccc43)cc2C([2H])([2H])[2H])c([2H])c1[2H].[Pt]. The van der Waals surface area contributed by atoms with Gasteiger partial charge in [-0.3, -0.25) is 4.57 Å². The summed E-state index contributed by atoms with van der Waals surface area (Å²) in [5, 5.41) is 4.83. The van der Waals surface area contributed by atoms with Crippen molar-refractivity contribution >= 4 is 61.7 Å². The van der Waals surface area contributed by atoms with Crippen LogP contribution in [0.3, 0.4) is 0 Å². The number of rotatable bonds is 12. The second-order valence-electron chi connectivity index (χ2n) is 25.5. The first-order valence-electron chi connectivity index (χ1n) is 54.4. The molecule has 0 radical (unpaired) electrons. The van der Waals surface area contributed by atoms with Gasteiger partial charge >= 0.3 is 0 Å². The Balaban J connectivity index is 0.0000160. The van der Waals surface area contributed by atoms with Crippen LogP contribution < -0.4 is 30.1 Å². The van der Waals surface area contributed by atoms with Crippen molar-refractivity contribution in [3.63, 3.8) is 0 Å². The maximum Gasteiger partial charge on any atom is 0.268 e. The molecule has 3 heterocycles. The summed E-state index contributed by atoms with van der Waals surface area (Å²) in [6, 6.07) is 43.8. The van der Waals surface area contributed by atoms with Gasteiger partial charge in [-0.25, -0.2) is 4.98 Å². The molecule has 0 aliphatic heterocycles. The van der Waals surface area contributed by atoms with Crippen molar-refractivity contribution in [3.8, 4) is 62.1 Å². The molecule has 5 nitrogen and oxygen atoms in total. The van der Waals surface area contributed by atoms with Gasteiger partial charge in [0.15, 0.2) is 8.07 Å². The molecule has 0 bridgehead atoms. The Labute approximate surface area is 671 Å². The Hall–Kier alpha value is -9.45. The summed E-state index contributed by atoms with van der Waals surface area (Å²) in [4.78, 5) is 4.83. The van der Waals surface area contributed by atoms with E-state index in [9.17, 15) is 35.6 Å². The van der Waals surface area contributed by atoms with Crippen molar-refractivity contribution in [2.75, 3.05) is 0 Å². The number of hydrogen-bond acceptors (Lipinski definition) is 2. The van der Waals surface area contributed by atoms with Crippen molar-refractivity contribution in [3.05, 3.63) is 306 Å². The average molecular weight is 1550 g/mol. The van der Waals surface area contributed by atoms with Gasteiger partial charge < -0.3 is 13.9 Å². The number of nitrogens with zero attached hydrogens (tertiary/aromatic N) is 4. The average Bonchev–Trinajstić information content (AvgIpc) is 0.737. The maximum absolute atomic E-state index is 10.7. The molecular formula is C93H86N4OPtSi-2. The summed E-state index contributed by atoms with van der Waals surface area (Å²) in [6.45, 7) is -35.8. The summed E-state index contributed by atoms with van der Waals surface area (Å²) in [7, 11) is -3.40. The second-order valence-corrected chi connectivity index (χ2v) is 29.3. The Morgan fingerprint density at radius 1 is 0.520 bits per heavy atom. The molecule has 0 atom stereocenters. The van der Waals surface area contributed by atoms with Crippen molar-refractivity contribution < 1.29 is 93.4 Å². The summed E-state index contributed by atoms with van der Waals surface area (Å²) in [5.41, 5.74) is -35.6. The van der Waals surface area contributed by atoms with E-state index < -0.39 is 250 Å². The zero-order valence-corrected chi connectivity index (χ0v) is 56.7. The first kappa shape index (κ1) is 32.0. The maximum atomic E-state index is 10.7. The van der Waals surface area contributed by atoms with Gasteiger partial charge in [-0.15, -0.1) is 29.7 Å². The van der Waals surface area contributed by atoms with Crippen LogP contribution in [0.2, 0.25) is 0 Å². The summed E-state index contributed by atoms with van der Waals surface area (Å²) in [6.07, 6.45) is -15.4. The third-order valence-electron chi connectivity index (χ3n) is 18.1. The molecule has 0 spiro atoms. The monoisotopic (exact) mass is 1540 g/mol. The van der Waals surface area contributed by atoms with Gasteiger partial charge in [-0.2, -0.15) is 18.2 Å². The van der Waals surface area contributed by atoms with Crippen LogP contribution >= 0.6 is 0 Å². The van der Waals surface area contributed by atoms with Gasteiger partial charge in [-0.1, -0.05) is 287 Å². The molecule has 0 saturated heterocycles. The van der Waals surface area contributed by atoms with Crippen LogP contribution in [-0.4, -0.2) is 22.2 Å². The zero-order chi connectivity index (χ0) is 108. The number of pyridine rings is 1. The molecule has 2 aliphatic rings. The van der Waals surface area contributed by atoms with Crippen molar-refractivity contribution in [1.82, 2.24) is 14.1 Å². The molecule has 0 saturated carbocycles. The largest absolute Gasteiger partial charge is 0.510 e. The number of fused-ring (bicyclic) bond motifs is 6. The van der Waals surface area contributed by atoms with Gasteiger partial charge in [0.25, 0.3) is 6.33 Å². The molecule has 14 aromatic rings. The van der Waals surface area contributed by atoms with E-state index in [0.29, 0.717) is 16.3 Å². The quantitative estimate of drug-likeness (QED) is 0.0529. The number of aryl methyl sites for hydroxylation is 1. The van der Waals surface area contributed by atoms with Crippen LogP contribution in [0.25, 0.3) is 83.4 Å². The van der Waals surface area contributed by atoms with Gasteiger partial charge in [0.1, 0.15) is 5.82 Å². The number of aromatic nitrogens is 4. The van der Waals surface area contributed by atoms with Crippen molar-refractivity contribution in [2.24, 2.45) is 0 Å². The van der Waals surface area contributed by atoms with E-state index in [1.807, 2.05) is 72.8 Å². The molecular weight excluding hydrogens is 1410 g/mol. The van der Waals surface area contributed by atoms with E-state index in [1.165, 1.54) is 79.9 Å². The predicted octanol–water partition coefficient (Wildman–Crippen LogP) is 20.3. The Kier molecular flexibility index (Phi) is 8.01. The normalized spacial score (nSPS) is 25.1. The number of hydrogen-bond donors (Lipinski definition) is 0. The van der Waals surface area contributed by atoms with E-state index in [-0.39, 0.29) is 71.7 Å². The molecule has 0 amide bonds. The number of benzene rings is 11. The topological polar surface area (TPSA) is 35.9 Å². The van der Waals surface area contributed by atoms with E-state index in [2.05, 4.69) is 54.9 Å². The molecule has 16 rings (SSSR count). The zero-order valence-electron chi connectivity index (χ0n) is 99.4. The van der Waals surface area contributed by atoms with Crippen molar-refractivity contribution in [1.29, 1.82) is 0 Å². The molecule has 2 aliphatic carbocycles. The summed E-state index contributed by atoms with van der Waals surface area (Å²) in [5.74, 6) is -0.400. The number of imidazole rings is 1. The van der Waals surface area contributed by atoms with E-state index in [1.54, 1.807) is 10.6 Å². The Morgan fingerprint density at radius 3 is 1.65 bits per heavy atom. The van der Waals surface area contributed by atoms with Gasteiger partial charge in [0.2, 0.25) is 0 Å². The molecule has 3 aromatic heterocycles. The van der Waals surface area contributed by atoms with Crippen LogP contribution in [-0.2, 0) is 48.1 Å². The number of para-hydroxylation sites is 2. The molecule has 11 aromatic carbocycles. The Morgan fingerprint density at radius 2 is 1.08 bits per heavy atom. The molecule has 0 N–H and O–H groups in total. The van der Waals surface area contributed by atoms with Gasteiger partial charge in [0, 0.05) is 97.8 Å². The van der Waals surface area contributed by atoms with Crippen LogP contribution in [0, 0.1) is 25.3 Å². The minimum absolute atomic E-state index is 0. The van der Waals surface area contributed by atoms with E-state index in [0.717, 1.165) is 43.6 Å². The van der Waals surface area contributed by atoms with Crippen LogP contribution in [0.5, 0.6) is 11.5 Å². The standard InChI is InChI=1S/C93H86N4OSi.Pt/c1-62-52-87(94-60-78(62)63-28-17-13-18-29-63)97-83-47-43-73(99(70-32-19-14-20-33-70,71-34-21-15-22-35-71)72-36-23-16-24-37-72)59-77(83)74-44-42-69(58-86(74)97)98-68-31-27-30-67(57-68)95-61-96(85-39-26-25-38-84(85)95)88-75(64-40-45-79-81(53-64)92(9,10)50-48-90(79,5)6)55-66(89(2,3)4)56-76(88)65-41-46-80-82(54-65)93(11,12)51-49-91(80,7)8;/h13-47,52-56,59-60H,48-51H2,1-12H3;/q-2;/i1D3,5D3,6D3,7D3,8D3,9D3,10D3,11D3,12D3,13D,17D,18D,28D,29D,40D,41D,45D,46D,48D2,49D2,50D2,51D2,53D,54D;. The molecule has 0 unspecified atom stereocenters. The first-order valence-corrected chi connectivity index (χ1v) is 33.4. The molecule has 500 valence electrons. The third kappa shape index (κ3) is 11.3. The third-order valence-corrected chi connectivity index (χ3v) is 22.9. The molecule has 0 fully saturated rings. The van der Waals surface area contributed by atoms with E-state index in [4.69, 9.17) is 37.1 Å². The fourth-order valence-corrected chi connectivity index (χ4v) is 18.1. The molecule has 7 heteroatoms.